The third kappa shape index (κ3) is 4.02. The second-order valence-electron chi connectivity index (χ2n) is 4.41. The van der Waals surface area contributed by atoms with E-state index in [1.54, 1.807) is 0 Å². The van der Waals surface area contributed by atoms with Crippen molar-refractivity contribution in [3.05, 3.63) is 32.5 Å². The van der Waals surface area contributed by atoms with Gasteiger partial charge in [-0.3, -0.25) is 4.90 Å². The van der Waals surface area contributed by atoms with Gasteiger partial charge < -0.3 is 4.74 Å². The fourth-order valence-corrected chi connectivity index (χ4v) is 3.49. The normalized spacial score (nSPS) is 17.1. The quantitative estimate of drug-likeness (QED) is 0.790. The van der Waals surface area contributed by atoms with Crippen molar-refractivity contribution in [1.29, 1.82) is 0 Å². The summed E-state index contributed by atoms with van der Waals surface area (Å²) in [7, 11) is 0. The van der Waals surface area contributed by atoms with E-state index in [0.717, 1.165) is 60.2 Å². The molecule has 1 fully saturated rings. The first-order valence-corrected chi connectivity index (χ1v) is 7.69. The van der Waals surface area contributed by atoms with Crippen LogP contribution in [0.5, 0.6) is 0 Å². The third-order valence-corrected chi connectivity index (χ3v) is 4.28. The molecule has 1 heterocycles. The SMILES string of the molecule is Fc1cc(Br)cc(Br)c1CCCN1CCOCC1. The number of morpholine rings is 1. The van der Waals surface area contributed by atoms with E-state index in [9.17, 15) is 4.39 Å². The van der Waals surface area contributed by atoms with Crippen LogP contribution in [0.15, 0.2) is 21.1 Å². The molecule has 2 nitrogen and oxygen atoms in total. The number of nitrogens with zero attached hydrogens (tertiary/aromatic N) is 1. The number of ether oxygens (including phenoxy) is 1. The number of hydrogen-bond acceptors (Lipinski definition) is 2. The fraction of sp³-hybridized carbons (Fsp3) is 0.538. The van der Waals surface area contributed by atoms with E-state index in [2.05, 4.69) is 36.8 Å². The van der Waals surface area contributed by atoms with E-state index in [0.29, 0.717) is 0 Å². The van der Waals surface area contributed by atoms with Gasteiger partial charge in [0.05, 0.1) is 13.2 Å². The molecule has 1 aliphatic heterocycles. The van der Waals surface area contributed by atoms with Crippen LogP contribution in [0.1, 0.15) is 12.0 Å². The van der Waals surface area contributed by atoms with Crippen LogP contribution >= 0.6 is 31.9 Å². The summed E-state index contributed by atoms with van der Waals surface area (Å²) in [4.78, 5) is 2.37. The van der Waals surface area contributed by atoms with Crippen molar-refractivity contribution in [3.63, 3.8) is 0 Å². The lowest BCUT2D eigenvalue weighted by Crippen LogP contribution is -2.37. The molecule has 0 N–H and O–H groups in total. The van der Waals surface area contributed by atoms with E-state index >= 15 is 0 Å². The summed E-state index contributed by atoms with van der Waals surface area (Å²) in [5.41, 5.74) is 0.770. The highest BCUT2D eigenvalue weighted by Crippen LogP contribution is 2.26. The lowest BCUT2D eigenvalue weighted by atomic mass is 10.1. The smallest absolute Gasteiger partial charge is 0.128 e. The van der Waals surface area contributed by atoms with Crippen LogP contribution in [0.25, 0.3) is 0 Å². The zero-order valence-electron chi connectivity index (χ0n) is 10.1. The molecule has 0 radical (unpaired) electrons. The molecule has 0 spiro atoms. The van der Waals surface area contributed by atoms with Crippen LogP contribution in [-0.2, 0) is 11.2 Å². The zero-order valence-corrected chi connectivity index (χ0v) is 13.3. The molecule has 100 valence electrons. The predicted octanol–water partition coefficient (Wildman–Crippen LogP) is 3.62. The molecule has 1 aliphatic rings. The van der Waals surface area contributed by atoms with Gasteiger partial charge in [0, 0.05) is 27.6 Å². The van der Waals surface area contributed by atoms with Gasteiger partial charge in [0.1, 0.15) is 5.82 Å². The highest BCUT2D eigenvalue weighted by Gasteiger charge is 2.12. The summed E-state index contributed by atoms with van der Waals surface area (Å²) in [6.07, 6.45) is 1.73. The first kappa shape index (κ1) is 14.4. The predicted molar refractivity (Wildman–Crippen MR) is 77.4 cm³/mol. The molecule has 5 heteroatoms. The van der Waals surface area contributed by atoms with Crippen LogP contribution in [0, 0.1) is 5.82 Å². The van der Waals surface area contributed by atoms with Crippen molar-refractivity contribution < 1.29 is 9.13 Å². The van der Waals surface area contributed by atoms with Gasteiger partial charge in [-0.1, -0.05) is 31.9 Å². The molecule has 1 aromatic carbocycles. The molecule has 0 aliphatic carbocycles. The van der Waals surface area contributed by atoms with Gasteiger partial charge in [0.15, 0.2) is 0 Å². The largest absolute Gasteiger partial charge is 0.379 e. The fourth-order valence-electron chi connectivity index (χ4n) is 2.12. The number of hydrogen-bond donors (Lipinski definition) is 0. The maximum atomic E-state index is 13.8. The van der Waals surface area contributed by atoms with Crippen LogP contribution in [0.2, 0.25) is 0 Å². The Bertz CT molecular complexity index is 385. The van der Waals surface area contributed by atoms with E-state index in [1.807, 2.05) is 6.07 Å². The topological polar surface area (TPSA) is 12.5 Å². The minimum absolute atomic E-state index is 0.141. The van der Waals surface area contributed by atoms with E-state index in [-0.39, 0.29) is 5.82 Å². The molecular formula is C13H16Br2FNO. The molecule has 0 unspecified atom stereocenters. The van der Waals surface area contributed by atoms with Gasteiger partial charge >= 0.3 is 0 Å². The second kappa shape index (κ2) is 6.98. The summed E-state index contributed by atoms with van der Waals surface area (Å²) in [6.45, 7) is 4.62. The molecule has 0 aromatic heterocycles. The minimum Gasteiger partial charge on any atom is -0.379 e. The van der Waals surface area contributed by atoms with Crippen molar-refractivity contribution >= 4 is 31.9 Å². The molecular weight excluding hydrogens is 365 g/mol. The Morgan fingerprint density at radius 3 is 2.61 bits per heavy atom. The van der Waals surface area contributed by atoms with E-state index < -0.39 is 0 Å². The van der Waals surface area contributed by atoms with Gasteiger partial charge in [-0.05, 0) is 31.5 Å². The van der Waals surface area contributed by atoms with Crippen molar-refractivity contribution in [2.24, 2.45) is 0 Å². The lowest BCUT2D eigenvalue weighted by molar-refractivity contribution is 0.0374. The number of rotatable bonds is 4. The Hall–Kier alpha value is 0.0300. The first-order chi connectivity index (χ1) is 8.66. The maximum Gasteiger partial charge on any atom is 0.128 e. The van der Waals surface area contributed by atoms with Crippen LogP contribution in [0.3, 0.4) is 0 Å². The molecule has 0 atom stereocenters. The summed E-state index contributed by atoms with van der Waals surface area (Å²) in [6, 6.07) is 3.42. The average molecular weight is 381 g/mol. The standard InChI is InChI=1S/C13H16Br2FNO/c14-10-8-12(15)11(13(16)9-10)2-1-3-17-4-6-18-7-5-17/h8-9H,1-7H2. The Morgan fingerprint density at radius 1 is 1.22 bits per heavy atom. The number of benzene rings is 1. The van der Waals surface area contributed by atoms with Crippen molar-refractivity contribution in [3.8, 4) is 0 Å². The minimum atomic E-state index is -0.141. The van der Waals surface area contributed by atoms with Crippen molar-refractivity contribution in [1.82, 2.24) is 4.90 Å². The van der Waals surface area contributed by atoms with Gasteiger partial charge in [0.2, 0.25) is 0 Å². The van der Waals surface area contributed by atoms with Crippen molar-refractivity contribution in [2.75, 3.05) is 32.8 Å². The molecule has 18 heavy (non-hydrogen) atoms. The Labute approximate surface area is 124 Å². The van der Waals surface area contributed by atoms with E-state index in [1.165, 1.54) is 6.07 Å². The lowest BCUT2D eigenvalue weighted by Gasteiger charge is -2.26. The highest BCUT2D eigenvalue weighted by atomic mass is 79.9. The zero-order chi connectivity index (χ0) is 13.0. The summed E-state index contributed by atoms with van der Waals surface area (Å²) >= 11 is 6.71. The molecule has 0 amide bonds. The summed E-state index contributed by atoms with van der Waals surface area (Å²) < 4.78 is 20.7. The van der Waals surface area contributed by atoms with Crippen LogP contribution in [-0.4, -0.2) is 37.7 Å². The second-order valence-corrected chi connectivity index (χ2v) is 6.18. The van der Waals surface area contributed by atoms with Gasteiger partial charge in [-0.2, -0.15) is 0 Å². The monoisotopic (exact) mass is 379 g/mol. The first-order valence-electron chi connectivity index (χ1n) is 6.10. The van der Waals surface area contributed by atoms with Gasteiger partial charge in [0.25, 0.3) is 0 Å². The van der Waals surface area contributed by atoms with E-state index in [4.69, 9.17) is 4.74 Å². The van der Waals surface area contributed by atoms with Gasteiger partial charge in [-0.25, -0.2) is 4.39 Å². The molecule has 0 bridgehead atoms. The van der Waals surface area contributed by atoms with Crippen LogP contribution in [0.4, 0.5) is 4.39 Å². The molecule has 2 rings (SSSR count). The Balaban J connectivity index is 1.86. The highest BCUT2D eigenvalue weighted by molar-refractivity contribution is 9.11. The summed E-state index contributed by atoms with van der Waals surface area (Å²) in [5.74, 6) is -0.141. The Morgan fingerprint density at radius 2 is 1.94 bits per heavy atom. The van der Waals surface area contributed by atoms with Crippen molar-refractivity contribution in [2.45, 2.75) is 12.8 Å². The molecule has 0 saturated carbocycles. The van der Waals surface area contributed by atoms with Crippen LogP contribution < -0.4 is 0 Å². The molecule has 1 saturated heterocycles. The average Bonchev–Trinajstić information content (AvgIpc) is 2.34. The maximum absolute atomic E-state index is 13.8. The summed E-state index contributed by atoms with van der Waals surface area (Å²) in [5, 5.41) is 0. The van der Waals surface area contributed by atoms with Gasteiger partial charge in [-0.15, -0.1) is 0 Å². The molecule has 1 aromatic rings. The number of halogens is 3. The Kier molecular flexibility index (Phi) is 5.60. The third-order valence-electron chi connectivity index (χ3n) is 3.11.